The lowest BCUT2D eigenvalue weighted by molar-refractivity contribution is -0.129. The summed E-state index contributed by atoms with van der Waals surface area (Å²) < 4.78 is 6.54. The van der Waals surface area contributed by atoms with Gasteiger partial charge in [-0.3, -0.25) is 9.48 Å². The lowest BCUT2D eigenvalue weighted by Crippen LogP contribution is -2.36. The number of nitrogens with zero attached hydrogens (tertiary/aromatic N) is 2. The quantitative estimate of drug-likeness (QED) is 0.578. The molecule has 1 atom stereocenters. The van der Waals surface area contributed by atoms with Crippen molar-refractivity contribution in [1.29, 1.82) is 0 Å². The molecule has 0 spiro atoms. The fourth-order valence-corrected chi connectivity index (χ4v) is 1.90. The van der Waals surface area contributed by atoms with Gasteiger partial charge in [-0.25, -0.2) is 4.79 Å². The van der Waals surface area contributed by atoms with Crippen LogP contribution in [0, 0.1) is 0 Å². The molecule has 0 saturated carbocycles. The molecule has 1 amide bonds. The number of nitrogen functional groups attached to an aromatic ring is 1. The Morgan fingerprint density at radius 1 is 1.43 bits per heavy atom. The van der Waals surface area contributed by atoms with E-state index in [0.29, 0.717) is 24.3 Å². The summed E-state index contributed by atoms with van der Waals surface area (Å²) in [4.78, 5) is 23.9. The second-order valence-corrected chi connectivity index (χ2v) is 4.88. The largest absolute Gasteiger partial charge is 0.448 e. The molecular formula is C14H24N4O3. The Bertz CT molecular complexity index is 511. The number of nitrogens with one attached hydrogen (secondary N) is 1. The van der Waals surface area contributed by atoms with Crippen LogP contribution in [0.1, 0.15) is 49.8 Å². The summed E-state index contributed by atoms with van der Waals surface area (Å²) in [7, 11) is 1.62. The zero-order valence-electron chi connectivity index (χ0n) is 13.1. The lowest BCUT2D eigenvalue weighted by Gasteiger charge is -2.13. The second kappa shape index (κ2) is 7.66. The van der Waals surface area contributed by atoms with E-state index in [-0.39, 0.29) is 11.6 Å². The standard InChI is InChI=1S/C14H24N4O3/c1-5-7-8-16-13(19)9(3)21-14(20)12-11(15)10(6-2)17-18(12)4/h9H,5-8,15H2,1-4H3,(H,16,19). The molecule has 1 aromatic rings. The van der Waals surface area contributed by atoms with Crippen LogP contribution >= 0.6 is 0 Å². The van der Waals surface area contributed by atoms with E-state index in [1.807, 2.05) is 13.8 Å². The maximum Gasteiger partial charge on any atom is 0.359 e. The summed E-state index contributed by atoms with van der Waals surface area (Å²) in [5.74, 6) is -0.950. The minimum absolute atomic E-state index is 0.181. The highest BCUT2D eigenvalue weighted by atomic mass is 16.5. The number of aryl methyl sites for hydroxylation is 2. The smallest absolute Gasteiger partial charge is 0.359 e. The van der Waals surface area contributed by atoms with Crippen LogP contribution < -0.4 is 11.1 Å². The summed E-state index contributed by atoms with van der Waals surface area (Å²) in [6.45, 7) is 6.04. The van der Waals surface area contributed by atoms with Crippen molar-refractivity contribution in [3.63, 3.8) is 0 Å². The maximum absolute atomic E-state index is 12.1. The maximum atomic E-state index is 12.1. The summed E-state index contributed by atoms with van der Waals surface area (Å²) >= 11 is 0. The number of hydrogen-bond acceptors (Lipinski definition) is 5. The number of amides is 1. The SMILES string of the molecule is CCCCNC(=O)C(C)OC(=O)c1c(N)c(CC)nn1C. The van der Waals surface area contributed by atoms with Crippen molar-refractivity contribution < 1.29 is 14.3 Å². The van der Waals surface area contributed by atoms with Crippen molar-refractivity contribution in [2.75, 3.05) is 12.3 Å². The molecule has 1 heterocycles. The Morgan fingerprint density at radius 2 is 2.10 bits per heavy atom. The van der Waals surface area contributed by atoms with Gasteiger partial charge in [-0.15, -0.1) is 0 Å². The number of anilines is 1. The molecule has 0 saturated heterocycles. The highest BCUT2D eigenvalue weighted by Gasteiger charge is 2.24. The van der Waals surface area contributed by atoms with Crippen LogP contribution in [-0.2, 0) is 23.0 Å². The van der Waals surface area contributed by atoms with Gasteiger partial charge in [-0.2, -0.15) is 5.10 Å². The molecule has 0 fully saturated rings. The molecular weight excluding hydrogens is 272 g/mol. The molecule has 7 nitrogen and oxygen atoms in total. The second-order valence-electron chi connectivity index (χ2n) is 4.88. The topological polar surface area (TPSA) is 99.2 Å². The third-order valence-electron chi connectivity index (χ3n) is 3.17. The van der Waals surface area contributed by atoms with Crippen molar-refractivity contribution in [2.45, 2.75) is 46.1 Å². The van der Waals surface area contributed by atoms with Gasteiger partial charge in [0.05, 0.1) is 11.4 Å². The van der Waals surface area contributed by atoms with E-state index in [1.54, 1.807) is 7.05 Å². The summed E-state index contributed by atoms with van der Waals surface area (Å²) in [6, 6.07) is 0. The van der Waals surface area contributed by atoms with Crippen molar-refractivity contribution in [1.82, 2.24) is 15.1 Å². The third kappa shape index (κ3) is 4.21. The van der Waals surface area contributed by atoms with Crippen LogP contribution in [0.5, 0.6) is 0 Å². The number of carbonyl (C=O) groups excluding carboxylic acids is 2. The third-order valence-corrected chi connectivity index (χ3v) is 3.17. The van der Waals surface area contributed by atoms with Gasteiger partial charge in [0.2, 0.25) is 0 Å². The minimum Gasteiger partial charge on any atom is -0.448 e. The van der Waals surface area contributed by atoms with E-state index in [1.165, 1.54) is 11.6 Å². The average Bonchev–Trinajstić information content (AvgIpc) is 2.73. The highest BCUT2D eigenvalue weighted by molar-refractivity contribution is 5.95. The van der Waals surface area contributed by atoms with Crippen LogP contribution in [0.2, 0.25) is 0 Å². The van der Waals surface area contributed by atoms with Crippen molar-refractivity contribution in [2.24, 2.45) is 7.05 Å². The van der Waals surface area contributed by atoms with Crippen LogP contribution in [0.25, 0.3) is 0 Å². The van der Waals surface area contributed by atoms with E-state index >= 15 is 0 Å². The first-order valence-corrected chi connectivity index (χ1v) is 7.22. The molecule has 1 rings (SSSR count). The normalized spacial score (nSPS) is 12.0. The van der Waals surface area contributed by atoms with Crippen molar-refractivity contribution in [3.05, 3.63) is 11.4 Å². The number of nitrogens with two attached hydrogens (primary N) is 1. The summed E-state index contributed by atoms with van der Waals surface area (Å²) in [6.07, 6.45) is 1.63. The first-order chi connectivity index (χ1) is 9.92. The average molecular weight is 296 g/mol. The van der Waals surface area contributed by atoms with Crippen LogP contribution in [-0.4, -0.2) is 34.3 Å². The van der Waals surface area contributed by atoms with E-state index < -0.39 is 12.1 Å². The number of aromatic nitrogens is 2. The number of esters is 1. The Hall–Kier alpha value is -2.05. The van der Waals surface area contributed by atoms with Gasteiger partial charge in [0.25, 0.3) is 5.91 Å². The molecule has 0 aromatic carbocycles. The Labute approximate surface area is 124 Å². The Balaban J connectivity index is 2.68. The van der Waals surface area contributed by atoms with Gasteiger partial charge in [0.1, 0.15) is 0 Å². The molecule has 0 aliphatic carbocycles. The van der Waals surface area contributed by atoms with Gasteiger partial charge in [0.15, 0.2) is 11.8 Å². The van der Waals surface area contributed by atoms with Gasteiger partial charge in [0, 0.05) is 13.6 Å². The predicted octanol–water partition coefficient (Wildman–Crippen LogP) is 1.03. The number of hydrogen-bond donors (Lipinski definition) is 2. The van der Waals surface area contributed by atoms with Gasteiger partial charge in [-0.1, -0.05) is 20.3 Å². The molecule has 7 heteroatoms. The molecule has 1 aromatic heterocycles. The summed E-state index contributed by atoms with van der Waals surface area (Å²) in [5, 5.41) is 6.87. The monoisotopic (exact) mass is 296 g/mol. The number of carbonyl (C=O) groups is 2. The lowest BCUT2D eigenvalue weighted by atomic mass is 10.2. The predicted molar refractivity (Wildman–Crippen MR) is 79.8 cm³/mol. The van der Waals surface area contributed by atoms with E-state index in [9.17, 15) is 9.59 Å². The van der Waals surface area contributed by atoms with Crippen LogP contribution in [0.3, 0.4) is 0 Å². The number of unbranched alkanes of at least 4 members (excludes halogenated alkanes) is 1. The molecule has 3 N–H and O–H groups in total. The molecule has 118 valence electrons. The fraction of sp³-hybridized carbons (Fsp3) is 0.643. The van der Waals surface area contributed by atoms with Crippen LogP contribution in [0.15, 0.2) is 0 Å². The molecule has 21 heavy (non-hydrogen) atoms. The Kier molecular flexibility index (Phi) is 6.20. The molecule has 0 radical (unpaired) electrons. The van der Waals surface area contributed by atoms with E-state index in [0.717, 1.165) is 12.8 Å². The van der Waals surface area contributed by atoms with Gasteiger partial charge in [-0.05, 0) is 19.8 Å². The molecule has 0 aliphatic rings. The summed E-state index contributed by atoms with van der Waals surface area (Å²) in [5.41, 5.74) is 7.01. The number of rotatable bonds is 7. The van der Waals surface area contributed by atoms with Gasteiger partial charge >= 0.3 is 5.97 Å². The zero-order chi connectivity index (χ0) is 16.0. The number of ether oxygens (including phenoxy) is 1. The van der Waals surface area contributed by atoms with E-state index in [4.69, 9.17) is 10.5 Å². The molecule has 1 unspecified atom stereocenters. The van der Waals surface area contributed by atoms with Gasteiger partial charge < -0.3 is 15.8 Å². The highest BCUT2D eigenvalue weighted by Crippen LogP contribution is 2.18. The van der Waals surface area contributed by atoms with Crippen molar-refractivity contribution in [3.8, 4) is 0 Å². The van der Waals surface area contributed by atoms with Crippen LogP contribution in [0.4, 0.5) is 5.69 Å². The zero-order valence-corrected chi connectivity index (χ0v) is 13.1. The minimum atomic E-state index is -0.867. The first kappa shape index (κ1) is 17.0. The molecule has 0 bridgehead atoms. The van der Waals surface area contributed by atoms with E-state index in [2.05, 4.69) is 10.4 Å². The first-order valence-electron chi connectivity index (χ1n) is 7.22. The molecule has 0 aliphatic heterocycles. The fourth-order valence-electron chi connectivity index (χ4n) is 1.90. The Morgan fingerprint density at radius 3 is 2.62 bits per heavy atom. The van der Waals surface area contributed by atoms with Crippen molar-refractivity contribution >= 4 is 17.6 Å².